The van der Waals surface area contributed by atoms with Crippen molar-refractivity contribution in [2.45, 2.75) is 150 Å². The highest BCUT2D eigenvalue weighted by atomic mass is 14.6. The van der Waals surface area contributed by atoms with Crippen LogP contribution in [0.5, 0.6) is 0 Å². The number of allylic oxidation sites excluding steroid dienone is 4. The molecule has 5 aliphatic rings. The first-order chi connectivity index (χ1) is 17.4. The van der Waals surface area contributed by atoms with E-state index in [1.807, 2.05) is 5.57 Å². The Balaban J connectivity index is 1.23. The van der Waals surface area contributed by atoms with E-state index in [0.717, 1.165) is 41.4 Å². The van der Waals surface area contributed by atoms with Gasteiger partial charge in [-0.2, -0.15) is 0 Å². The van der Waals surface area contributed by atoms with Gasteiger partial charge in [0.05, 0.1) is 0 Å². The smallest absolute Gasteiger partial charge is 0.00851 e. The van der Waals surface area contributed by atoms with E-state index in [1.54, 1.807) is 0 Å². The first-order valence-electron chi connectivity index (χ1n) is 16.8. The maximum atomic E-state index is 2.77. The summed E-state index contributed by atoms with van der Waals surface area (Å²) < 4.78 is 0. The molecular formula is C36H60. The molecule has 0 aromatic rings. The van der Waals surface area contributed by atoms with Crippen molar-refractivity contribution in [1.29, 1.82) is 0 Å². The van der Waals surface area contributed by atoms with E-state index in [2.05, 4.69) is 45.9 Å². The maximum absolute atomic E-state index is 2.77. The predicted molar refractivity (Wildman–Crippen MR) is 157 cm³/mol. The van der Waals surface area contributed by atoms with Crippen LogP contribution in [-0.2, 0) is 0 Å². The summed E-state index contributed by atoms with van der Waals surface area (Å²) in [7, 11) is 0. The van der Waals surface area contributed by atoms with Crippen LogP contribution >= 0.6 is 0 Å². The Morgan fingerprint density at radius 3 is 2.14 bits per heavy atom. The number of hydrogen-bond donors (Lipinski definition) is 0. The van der Waals surface area contributed by atoms with Gasteiger partial charge in [0.25, 0.3) is 0 Å². The van der Waals surface area contributed by atoms with Gasteiger partial charge in [0.15, 0.2) is 0 Å². The molecule has 8 atom stereocenters. The van der Waals surface area contributed by atoms with E-state index in [1.165, 1.54) is 122 Å². The SMILES string of the molecule is C[C@H]1CC[C@@]2(C)C(=CC[C@H]3[C@@H]4CC[C@H]([C@H](C)/C=C/C5CCCCCCCCCCC5)[C@@]4(C)CC[C@@H]32)C1. The summed E-state index contributed by atoms with van der Waals surface area (Å²) >= 11 is 0. The highest BCUT2D eigenvalue weighted by molar-refractivity contribution is 5.25. The zero-order valence-electron chi connectivity index (χ0n) is 24.7. The Morgan fingerprint density at radius 1 is 0.778 bits per heavy atom. The fourth-order valence-corrected chi connectivity index (χ4v) is 10.6. The summed E-state index contributed by atoms with van der Waals surface area (Å²) in [5, 5.41) is 0. The number of fused-ring (bicyclic) bond motifs is 5. The summed E-state index contributed by atoms with van der Waals surface area (Å²) in [4.78, 5) is 0. The third kappa shape index (κ3) is 5.45. The largest absolute Gasteiger partial charge is 0.0851 e. The van der Waals surface area contributed by atoms with Crippen molar-refractivity contribution in [3.8, 4) is 0 Å². The fraction of sp³-hybridized carbons (Fsp3) is 0.889. The van der Waals surface area contributed by atoms with Gasteiger partial charge in [0.1, 0.15) is 0 Å². The number of hydrogen-bond acceptors (Lipinski definition) is 0. The Hall–Kier alpha value is -0.520. The minimum atomic E-state index is 0.536. The van der Waals surface area contributed by atoms with Crippen LogP contribution in [0.3, 0.4) is 0 Å². The van der Waals surface area contributed by atoms with Crippen molar-refractivity contribution in [1.82, 2.24) is 0 Å². The Bertz CT molecular complexity index is 761. The molecule has 0 radical (unpaired) electrons. The second kappa shape index (κ2) is 11.7. The zero-order valence-corrected chi connectivity index (χ0v) is 24.7. The molecule has 0 spiro atoms. The van der Waals surface area contributed by atoms with Crippen molar-refractivity contribution in [3.63, 3.8) is 0 Å². The van der Waals surface area contributed by atoms with E-state index in [0.29, 0.717) is 10.8 Å². The van der Waals surface area contributed by atoms with Gasteiger partial charge in [0, 0.05) is 0 Å². The van der Waals surface area contributed by atoms with Crippen molar-refractivity contribution in [3.05, 3.63) is 23.8 Å². The van der Waals surface area contributed by atoms with Gasteiger partial charge in [-0.25, -0.2) is 0 Å². The third-order valence-corrected chi connectivity index (χ3v) is 12.9. The molecule has 0 bridgehead atoms. The first kappa shape index (κ1) is 27.1. The molecule has 0 nitrogen and oxygen atoms in total. The molecule has 0 saturated heterocycles. The van der Waals surface area contributed by atoms with Crippen molar-refractivity contribution in [2.24, 2.45) is 52.3 Å². The van der Waals surface area contributed by atoms with Crippen molar-refractivity contribution < 1.29 is 0 Å². The van der Waals surface area contributed by atoms with E-state index in [9.17, 15) is 0 Å². The molecule has 5 aliphatic carbocycles. The minimum absolute atomic E-state index is 0.536. The lowest BCUT2D eigenvalue weighted by Gasteiger charge is -2.58. The maximum Gasteiger partial charge on any atom is -0.00851 e. The van der Waals surface area contributed by atoms with Crippen LogP contribution in [0, 0.1) is 52.3 Å². The topological polar surface area (TPSA) is 0 Å². The van der Waals surface area contributed by atoms with Crippen LogP contribution in [0.4, 0.5) is 0 Å². The molecule has 0 amide bonds. The molecule has 36 heavy (non-hydrogen) atoms. The Kier molecular flexibility index (Phi) is 8.79. The molecule has 204 valence electrons. The van der Waals surface area contributed by atoms with Crippen LogP contribution in [-0.4, -0.2) is 0 Å². The summed E-state index contributed by atoms with van der Waals surface area (Å²) in [6.45, 7) is 10.5. The quantitative estimate of drug-likeness (QED) is 0.344. The van der Waals surface area contributed by atoms with Crippen LogP contribution in [0.15, 0.2) is 23.8 Å². The van der Waals surface area contributed by atoms with Gasteiger partial charge in [-0.3, -0.25) is 0 Å². The minimum Gasteiger partial charge on any atom is -0.0851 e. The average Bonchev–Trinajstić information content (AvgIpc) is 3.21. The van der Waals surface area contributed by atoms with Gasteiger partial charge in [-0.1, -0.05) is 109 Å². The number of rotatable bonds is 3. The molecule has 0 N–H and O–H groups in total. The Labute approximate surface area is 225 Å². The van der Waals surface area contributed by atoms with E-state index in [-0.39, 0.29) is 0 Å². The molecule has 5 rings (SSSR count). The molecule has 0 aromatic carbocycles. The second-order valence-corrected chi connectivity index (χ2v) is 15.1. The first-order valence-corrected chi connectivity index (χ1v) is 16.8. The molecular weight excluding hydrogens is 432 g/mol. The molecule has 4 saturated carbocycles. The molecule has 0 aliphatic heterocycles. The molecule has 0 aromatic heterocycles. The zero-order chi connectivity index (χ0) is 25.2. The summed E-state index contributed by atoms with van der Waals surface area (Å²) in [6.07, 6.45) is 36.1. The molecule has 4 fully saturated rings. The van der Waals surface area contributed by atoms with Crippen LogP contribution in [0.1, 0.15) is 150 Å². The third-order valence-electron chi connectivity index (χ3n) is 12.9. The monoisotopic (exact) mass is 492 g/mol. The van der Waals surface area contributed by atoms with Gasteiger partial charge in [-0.05, 0) is 116 Å². The van der Waals surface area contributed by atoms with E-state index >= 15 is 0 Å². The highest BCUT2D eigenvalue weighted by Gasteiger charge is 2.58. The lowest BCUT2D eigenvalue weighted by atomic mass is 9.46. The highest BCUT2D eigenvalue weighted by Crippen LogP contribution is 2.67. The average molecular weight is 493 g/mol. The summed E-state index contributed by atoms with van der Waals surface area (Å²) in [6, 6.07) is 0. The fourth-order valence-electron chi connectivity index (χ4n) is 10.6. The van der Waals surface area contributed by atoms with Gasteiger partial charge >= 0.3 is 0 Å². The van der Waals surface area contributed by atoms with Crippen molar-refractivity contribution >= 4 is 0 Å². The van der Waals surface area contributed by atoms with Crippen LogP contribution in [0.25, 0.3) is 0 Å². The lowest BCUT2D eigenvalue weighted by Crippen LogP contribution is -2.50. The molecule has 0 heterocycles. The van der Waals surface area contributed by atoms with E-state index in [4.69, 9.17) is 0 Å². The van der Waals surface area contributed by atoms with Gasteiger partial charge in [-0.15, -0.1) is 0 Å². The van der Waals surface area contributed by atoms with Gasteiger partial charge in [0.2, 0.25) is 0 Å². The normalized spacial score (nSPS) is 44.0. The lowest BCUT2D eigenvalue weighted by molar-refractivity contribution is -0.0486. The predicted octanol–water partition coefficient (Wildman–Crippen LogP) is 11.3. The van der Waals surface area contributed by atoms with Crippen LogP contribution in [0.2, 0.25) is 0 Å². The van der Waals surface area contributed by atoms with E-state index < -0.39 is 0 Å². The second-order valence-electron chi connectivity index (χ2n) is 15.1. The standard InChI is InChI=1S/C36H60/c1-27-22-24-35(3)30(26-27)18-19-31-33-21-20-32(36(33,4)25-23-34(31)35)28(2)16-17-29-14-12-10-8-6-5-7-9-11-13-15-29/h16-18,27-29,31-34H,5-15,19-26H2,1-4H3/b17-16+/t27-,28+,31-,32+,33-,34-,35-,36+/m0/s1. The molecule has 0 unspecified atom stereocenters. The molecule has 0 heteroatoms. The summed E-state index contributed by atoms with van der Waals surface area (Å²) in [5.41, 5.74) is 2.99. The summed E-state index contributed by atoms with van der Waals surface area (Å²) in [5.74, 6) is 6.37. The van der Waals surface area contributed by atoms with Crippen molar-refractivity contribution in [2.75, 3.05) is 0 Å². The van der Waals surface area contributed by atoms with Gasteiger partial charge < -0.3 is 0 Å². The Morgan fingerprint density at radius 2 is 1.44 bits per heavy atom. The van der Waals surface area contributed by atoms with Crippen LogP contribution < -0.4 is 0 Å².